The molecule has 0 bridgehead atoms. The molecule has 70 valence electrons. The van der Waals surface area contributed by atoms with Gasteiger partial charge >= 0.3 is 92.6 Å². The standard InChI is InChI=1S/C12H16Te/c1-2-3-10-13-11-9-12-7-5-4-6-8-12/h4-9,11H,2-3,10H2,1H3/b11-9+/i11D. The van der Waals surface area contributed by atoms with Crippen LogP contribution in [0.1, 0.15) is 26.7 Å². The van der Waals surface area contributed by atoms with Gasteiger partial charge < -0.3 is 0 Å². The molecule has 1 rings (SSSR count). The second-order valence-electron chi connectivity index (χ2n) is 2.87. The molecule has 0 amide bonds. The van der Waals surface area contributed by atoms with Gasteiger partial charge in [0.2, 0.25) is 0 Å². The van der Waals surface area contributed by atoms with Crippen LogP contribution in [0, 0.1) is 0 Å². The molecule has 0 spiro atoms. The Morgan fingerprint density at radius 2 is 2.15 bits per heavy atom. The maximum atomic E-state index is 7.81. The maximum absolute atomic E-state index is 7.81. The predicted octanol–water partition coefficient (Wildman–Crippen LogP) is 3.58. The van der Waals surface area contributed by atoms with E-state index in [1.165, 1.54) is 22.9 Å². The van der Waals surface area contributed by atoms with Crippen molar-refractivity contribution >= 4 is 27.0 Å². The molecule has 0 saturated heterocycles. The van der Waals surface area contributed by atoms with Crippen LogP contribution in [0.4, 0.5) is 0 Å². The summed E-state index contributed by atoms with van der Waals surface area (Å²) in [6, 6.07) is 10.2. The van der Waals surface area contributed by atoms with Gasteiger partial charge in [-0.1, -0.05) is 0 Å². The Morgan fingerprint density at radius 1 is 1.38 bits per heavy atom. The quantitative estimate of drug-likeness (QED) is 0.574. The molecule has 13 heavy (non-hydrogen) atoms. The summed E-state index contributed by atoms with van der Waals surface area (Å²) in [5.74, 6) is 0. The predicted molar refractivity (Wildman–Crippen MR) is 60.9 cm³/mol. The van der Waals surface area contributed by atoms with Crippen molar-refractivity contribution in [1.82, 2.24) is 0 Å². The molecule has 0 aliphatic rings. The zero-order valence-corrected chi connectivity index (χ0v) is 10.3. The first-order valence-corrected chi connectivity index (χ1v) is 7.50. The molecule has 1 aromatic carbocycles. The van der Waals surface area contributed by atoms with Gasteiger partial charge in [0.25, 0.3) is 0 Å². The SMILES string of the molecule is [2H]/C(=C\c1ccccc1)[Te]CCCC. The van der Waals surface area contributed by atoms with Crippen molar-refractivity contribution in [2.45, 2.75) is 24.2 Å². The molecule has 0 aliphatic carbocycles. The molecule has 1 heteroatoms. The fourth-order valence-corrected chi connectivity index (χ4v) is 3.13. The van der Waals surface area contributed by atoms with Crippen LogP contribution in [0.5, 0.6) is 0 Å². The Labute approximate surface area is 92.5 Å². The van der Waals surface area contributed by atoms with Crippen LogP contribution in [-0.2, 0) is 0 Å². The molecular formula is C12H16Te. The molecule has 0 heterocycles. The molecule has 0 aromatic heterocycles. The van der Waals surface area contributed by atoms with Gasteiger partial charge in [-0.15, -0.1) is 0 Å². The fourth-order valence-electron chi connectivity index (χ4n) is 0.934. The molecule has 1 aromatic rings. The number of rotatable bonds is 5. The van der Waals surface area contributed by atoms with Gasteiger partial charge in [-0.05, 0) is 0 Å². The van der Waals surface area contributed by atoms with Crippen molar-refractivity contribution in [3.05, 3.63) is 40.0 Å². The first-order chi connectivity index (χ1) is 6.83. The number of unbranched alkanes of at least 4 members (excludes halogenated alkanes) is 1. The minimum absolute atomic E-state index is 0.215. The summed E-state index contributed by atoms with van der Waals surface area (Å²) in [6.07, 6.45) is 4.55. The Kier molecular flexibility index (Phi) is 5.14. The van der Waals surface area contributed by atoms with Gasteiger partial charge in [0, 0.05) is 0 Å². The van der Waals surface area contributed by atoms with Crippen molar-refractivity contribution in [2.24, 2.45) is 0 Å². The third-order valence-electron chi connectivity index (χ3n) is 1.71. The van der Waals surface area contributed by atoms with Crippen LogP contribution < -0.4 is 0 Å². The van der Waals surface area contributed by atoms with Crippen LogP contribution in [-0.4, -0.2) is 20.9 Å². The first-order valence-electron chi connectivity index (χ1n) is 5.19. The molecular weight excluding hydrogens is 272 g/mol. The van der Waals surface area contributed by atoms with Crippen LogP contribution in [0.2, 0.25) is 4.47 Å². The van der Waals surface area contributed by atoms with Crippen LogP contribution in [0.3, 0.4) is 0 Å². The normalized spacial score (nSPS) is 12.7. The van der Waals surface area contributed by atoms with E-state index in [2.05, 4.69) is 19.1 Å². The third-order valence-corrected chi connectivity index (χ3v) is 3.93. The zero-order chi connectivity index (χ0) is 10.2. The summed E-state index contributed by atoms with van der Waals surface area (Å²) in [4.78, 5) is 0. The molecule has 0 N–H and O–H groups in total. The van der Waals surface area contributed by atoms with Gasteiger partial charge in [-0.2, -0.15) is 0 Å². The van der Waals surface area contributed by atoms with Crippen LogP contribution >= 0.6 is 0 Å². The molecule has 0 saturated carbocycles. The molecule has 0 aliphatic heterocycles. The van der Waals surface area contributed by atoms with Crippen molar-refractivity contribution < 1.29 is 1.37 Å². The van der Waals surface area contributed by atoms with E-state index in [0.29, 0.717) is 0 Å². The van der Waals surface area contributed by atoms with Crippen LogP contribution in [0.15, 0.2) is 34.4 Å². The summed E-state index contributed by atoms with van der Waals surface area (Å²) in [5, 5.41) is 0. The van der Waals surface area contributed by atoms with Gasteiger partial charge in [0.15, 0.2) is 0 Å². The van der Waals surface area contributed by atoms with E-state index in [1.54, 1.807) is 0 Å². The second-order valence-corrected chi connectivity index (χ2v) is 5.54. The molecule has 0 atom stereocenters. The molecule has 0 fully saturated rings. The van der Waals surface area contributed by atoms with E-state index < -0.39 is 0 Å². The molecule has 0 unspecified atom stereocenters. The van der Waals surface area contributed by atoms with E-state index in [4.69, 9.17) is 1.37 Å². The van der Waals surface area contributed by atoms with Gasteiger partial charge in [0.05, 0.1) is 0 Å². The zero-order valence-electron chi connectivity index (χ0n) is 8.99. The molecule has 0 nitrogen and oxygen atoms in total. The summed E-state index contributed by atoms with van der Waals surface area (Å²) in [6.45, 7) is 2.21. The monoisotopic (exact) mass is 291 g/mol. The van der Waals surface area contributed by atoms with E-state index >= 15 is 0 Å². The second kappa shape index (κ2) is 7.18. The van der Waals surface area contributed by atoms with Crippen molar-refractivity contribution in [3.8, 4) is 0 Å². The summed E-state index contributed by atoms with van der Waals surface area (Å²) in [7, 11) is 0. The van der Waals surface area contributed by atoms with E-state index in [0.717, 1.165) is 4.10 Å². The fraction of sp³-hybridized carbons (Fsp3) is 0.333. The Balaban J connectivity index is 2.43. The van der Waals surface area contributed by atoms with Crippen LogP contribution in [0.25, 0.3) is 6.08 Å². The number of hydrogen-bond acceptors (Lipinski definition) is 0. The van der Waals surface area contributed by atoms with Gasteiger partial charge in [0.1, 0.15) is 0 Å². The Morgan fingerprint density at radius 3 is 2.85 bits per heavy atom. The van der Waals surface area contributed by atoms with Crippen molar-refractivity contribution in [2.75, 3.05) is 0 Å². The average Bonchev–Trinajstić information content (AvgIpc) is 2.20. The summed E-state index contributed by atoms with van der Waals surface area (Å²) in [5.41, 5.74) is 1.17. The minimum atomic E-state index is -0.215. The molecule has 0 radical (unpaired) electrons. The summed E-state index contributed by atoms with van der Waals surface area (Å²) >= 11 is -0.215. The Hall–Kier alpha value is -0.250. The topological polar surface area (TPSA) is 0 Å². The summed E-state index contributed by atoms with van der Waals surface area (Å²) < 4.78 is 9.94. The number of hydrogen-bond donors (Lipinski definition) is 0. The van der Waals surface area contributed by atoms with Gasteiger partial charge in [-0.25, -0.2) is 0 Å². The van der Waals surface area contributed by atoms with Crippen molar-refractivity contribution in [3.63, 3.8) is 0 Å². The van der Waals surface area contributed by atoms with E-state index in [9.17, 15) is 0 Å². The first kappa shape index (κ1) is 9.31. The van der Waals surface area contributed by atoms with Crippen molar-refractivity contribution in [1.29, 1.82) is 0 Å². The third kappa shape index (κ3) is 5.13. The average molecular weight is 289 g/mol. The number of benzene rings is 1. The van der Waals surface area contributed by atoms with E-state index in [1.807, 2.05) is 24.3 Å². The van der Waals surface area contributed by atoms with Gasteiger partial charge in [-0.3, -0.25) is 0 Å². The van der Waals surface area contributed by atoms with E-state index in [-0.39, 0.29) is 20.9 Å². The Bertz CT molecular complexity index is 280.